The van der Waals surface area contributed by atoms with Crippen LogP contribution in [0.25, 0.3) is 11.3 Å². The molecule has 5 heteroatoms. The van der Waals surface area contributed by atoms with Crippen molar-refractivity contribution < 1.29 is 4.79 Å². The van der Waals surface area contributed by atoms with E-state index in [0.717, 1.165) is 55.8 Å². The van der Waals surface area contributed by atoms with Crippen LogP contribution in [0.4, 0.5) is 5.69 Å². The van der Waals surface area contributed by atoms with E-state index in [1.165, 1.54) is 5.56 Å². The number of hydrogen-bond donors (Lipinski definition) is 1. The molecule has 0 spiro atoms. The van der Waals surface area contributed by atoms with Crippen LogP contribution >= 0.6 is 11.3 Å². The third-order valence-electron chi connectivity index (χ3n) is 5.38. The Labute approximate surface area is 170 Å². The van der Waals surface area contributed by atoms with Gasteiger partial charge in [0.1, 0.15) is 0 Å². The summed E-state index contributed by atoms with van der Waals surface area (Å²) in [6.07, 6.45) is 2.92. The lowest BCUT2D eigenvalue weighted by atomic mass is 9.95. The fourth-order valence-electron chi connectivity index (χ4n) is 3.71. The number of nitrogens with zero attached hydrogens (tertiary/aromatic N) is 2. The number of carbonyl (C=O) groups excluding carboxylic acids is 1. The number of anilines is 1. The van der Waals surface area contributed by atoms with Gasteiger partial charge in [0.15, 0.2) is 0 Å². The summed E-state index contributed by atoms with van der Waals surface area (Å²) in [6.45, 7) is 3.04. The van der Waals surface area contributed by atoms with Gasteiger partial charge >= 0.3 is 0 Å². The van der Waals surface area contributed by atoms with Crippen LogP contribution in [0.15, 0.2) is 65.5 Å². The minimum atomic E-state index is 0.0934. The van der Waals surface area contributed by atoms with Crippen LogP contribution < -0.4 is 5.32 Å². The molecule has 3 aromatic rings. The highest BCUT2D eigenvalue weighted by atomic mass is 32.1. The van der Waals surface area contributed by atoms with E-state index in [9.17, 15) is 4.79 Å². The maximum Gasteiger partial charge on any atom is 0.227 e. The first-order valence-electron chi connectivity index (χ1n) is 9.84. The van der Waals surface area contributed by atoms with E-state index in [-0.39, 0.29) is 11.8 Å². The molecule has 0 saturated carbocycles. The lowest BCUT2D eigenvalue weighted by Gasteiger charge is -2.31. The predicted octanol–water partition coefficient (Wildman–Crippen LogP) is 4.70. The van der Waals surface area contributed by atoms with Crippen LogP contribution in [-0.4, -0.2) is 35.4 Å². The Morgan fingerprint density at radius 3 is 2.68 bits per heavy atom. The first kappa shape index (κ1) is 18.8. The number of piperidine rings is 1. The second kappa shape index (κ2) is 9.13. The second-order valence-electron chi connectivity index (χ2n) is 7.30. The standard InChI is InChI=1S/C23H25N3OS/c27-23(25-21-8-4-7-20(15-21)22-16-28-17-24-22)19-10-13-26(14-11-19)12-9-18-5-2-1-3-6-18/h1-8,15-17,19H,9-14H2,(H,25,27). The smallest absolute Gasteiger partial charge is 0.227 e. The molecule has 4 rings (SSSR count). The van der Waals surface area contributed by atoms with E-state index >= 15 is 0 Å². The number of hydrogen-bond acceptors (Lipinski definition) is 4. The van der Waals surface area contributed by atoms with Crippen LogP contribution in [0.5, 0.6) is 0 Å². The summed E-state index contributed by atoms with van der Waals surface area (Å²) in [5, 5.41) is 5.12. The number of thiazole rings is 1. The molecule has 144 valence electrons. The molecule has 1 N–H and O–H groups in total. The van der Waals surface area contributed by atoms with Gasteiger partial charge < -0.3 is 10.2 Å². The molecule has 0 bridgehead atoms. The number of nitrogens with one attached hydrogen (secondary N) is 1. The summed E-state index contributed by atoms with van der Waals surface area (Å²) in [4.78, 5) is 19.5. The lowest BCUT2D eigenvalue weighted by molar-refractivity contribution is -0.121. The summed E-state index contributed by atoms with van der Waals surface area (Å²) < 4.78 is 0. The Hall–Kier alpha value is -2.50. The molecule has 0 atom stereocenters. The van der Waals surface area contributed by atoms with E-state index < -0.39 is 0 Å². The highest BCUT2D eigenvalue weighted by molar-refractivity contribution is 7.07. The number of amides is 1. The van der Waals surface area contributed by atoms with Crippen molar-refractivity contribution in [2.24, 2.45) is 5.92 Å². The molecule has 0 radical (unpaired) electrons. The summed E-state index contributed by atoms with van der Waals surface area (Å²) in [5.41, 5.74) is 6.04. The largest absolute Gasteiger partial charge is 0.326 e. The quantitative estimate of drug-likeness (QED) is 0.662. The van der Waals surface area contributed by atoms with Gasteiger partial charge in [0.05, 0.1) is 11.2 Å². The van der Waals surface area contributed by atoms with Gasteiger partial charge in [-0.3, -0.25) is 4.79 Å². The molecule has 1 aromatic heterocycles. The van der Waals surface area contributed by atoms with Crippen molar-refractivity contribution in [3.05, 3.63) is 71.1 Å². The van der Waals surface area contributed by atoms with Gasteiger partial charge in [0.25, 0.3) is 0 Å². The molecule has 2 aromatic carbocycles. The first-order chi connectivity index (χ1) is 13.8. The average molecular weight is 392 g/mol. The zero-order valence-electron chi connectivity index (χ0n) is 15.9. The fraction of sp³-hybridized carbons (Fsp3) is 0.304. The molecule has 1 aliphatic rings. The number of carbonyl (C=O) groups is 1. The molecular weight excluding hydrogens is 366 g/mol. The van der Waals surface area contributed by atoms with Gasteiger partial charge in [0, 0.05) is 29.1 Å². The van der Waals surface area contributed by atoms with Gasteiger partial charge in [-0.25, -0.2) is 4.98 Å². The SMILES string of the molecule is O=C(Nc1cccc(-c2cscn2)c1)C1CCN(CCc2ccccc2)CC1. The minimum Gasteiger partial charge on any atom is -0.326 e. The Morgan fingerprint density at radius 2 is 1.93 bits per heavy atom. The molecular formula is C23H25N3OS. The number of aromatic nitrogens is 1. The van der Waals surface area contributed by atoms with Crippen molar-refractivity contribution >= 4 is 22.9 Å². The van der Waals surface area contributed by atoms with E-state index in [4.69, 9.17) is 0 Å². The molecule has 2 heterocycles. The van der Waals surface area contributed by atoms with Gasteiger partial charge in [-0.15, -0.1) is 11.3 Å². The Balaban J connectivity index is 1.27. The van der Waals surface area contributed by atoms with Gasteiger partial charge in [-0.2, -0.15) is 0 Å². The Bertz CT molecular complexity index is 887. The first-order valence-corrected chi connectivity index (χ1v) is 10.8. The van der Waals surface area contributed by atoms with Crippen molar-refractivity contribution in [2.75, 3.05) is 25.0 Å². The van der Waals surface area contributed by atoms with Crippen LogP contribution in [0.2, 0.25) is 0 Å². The van der Waals surface area contributed by atoms with Crippen LogP contribution in [0.1, 0.15) is 18.4 Å². The van der Waals surface area contributed by atoms with E-state index in [0.29, 0.717) is 0 Å². The molecule has 1 saturated heterocycles. The van der Waals surface area contributed by atoms with Gasteiger partial charge in [0.2, 0.25) is 5.91 Å². The molecule has 1 aliphatic heterocycles. The fourth-order valence-corrected chi connectivity index (χ4v) is 4.27. The van der Waals surface area contributed by atoms with Crippen molar-refractivity contribution in [3.8, 4) is 11.3 Å². The van der Waals surface area contributed by atoms with Crippen LogP contribution in [0, 0.1) is 5.92 Å². The maximum absolute atomic E-state index is 12.7. The highest BCUT2D eigenvalue weighted by Gasteiger charge is 2.24. The summed E-state index contributed by atoms with van der Waals surface area (Å²) >= 11 is 1.58. The van der Waals surface area contributed by atoms with E-state index in [2.05, 4.69) is 45.5 Å². The lowest BCUT2D eigenvalue weighted by Crippen LogP contribution is -2.39. The molecule has 1 fully saturated rings. The summed E-state index contributed by atoms with van der Waals surface area (Å²) in [6, 6.07) is 18.5. The van der Waals surface area contributed by atoms with Crippen molar-refractivity contribution in [1.82, 2.24) is 9.88 Å². The van der Waals surface area contributed by atoms with Crippen molar-refractivity contribution in [2.45, 2.75) is 19.3 Å². The molecule has 4 nitrogen and oxygen atoms in total. The average Bonchev–Trinajstić information content (AvgIpc) is 3.29. The summed E-state index contributed by atoms with van der Waals surface area (Å²) in [7, 11) is 0. The van der Waals surface area contributed by atoms with Gasteiger partial charge in [-0.1, -0.05) is 42.5 Å². The third-order valence-corrected chi connectivity index (χ3v) is 5.96. The number of likely N-dealkylation sites (tertiary alicyclic amines) is 1. The number of benzene rings is 2. The molecule has 0 aliphatic carbocycles. The van der Waals surface area contributed by atoms with Crippen molar-refractivity contribution in [1.29, 1.82) is 0 Å². The van der Waals surface area contributed by atoms with Crippen molar-refractivity contribution in [3.63, 3.8) is 0 Å². The maximum atomic E-state index is 12.7. The highest BCUT2D eigenvalue weighted by Crippen LogP contribution is 2.24. The zero-order valence-corrected chi connectivity index (χ0v) is 16.7. The predicted molar refractivity (Wildman–Crippen MR) is 115 cm³/mol. The van der Waals surface area contributed by atoms with Crippen LogP contribution in [-0.2, 0) is 11.2 Å². The van der Waals surface area contributed by atoms with E-state index in [1.54, 1.807) is 11.3 Å². The molecule has 1 amide bonds. The third kappa shape index (κ3) is 4.86. The monoisotopic (exact) mass is 391 g/mol. The Morgan fingerprint density at radius 1 is 1.11 bits per heavy atom. The zero-order chi connectivity index (χ0) is 19.2. The van der Waals surface area contributed by atoms with Gasteiger partial charge in [-0.05, 0) is 50.0 Å². The minimum absolute atomic E-state index is 0.0934. The second-order valence-corrected chi connectivity index (χ2v) is 8.01. The number of rotatable bonds is 6. The molecule has 0 unspecified atom stereocenters. The summed E-state index contributed by atoms with van der Waals surface area (Å²) in [5.74, 6) is 0.231. The van der Waals surface area contributed by atoms with Crippen LogP contribution in [0.3, 0.4) is 0 Å². The molecule has 28 heavy (non-hydrogen) atoms. The topological polar surface area (TPSA) is 45.2 Å². The normalized spacial score (nSPS) is 15.4. The van der Waals surface area contributed by atoms with E-state index in [1.807, 2.05) is 35.2 Å². The Kier molecular flexibility index (Phi) is 6.14.